The highest BCUT2D eigenvalue weighted by Gasteiger charge is 2.18. The molecule has 0 bridgehead atoms. The number of hydrogen-bond donors (Lipinski definition) is 0. The lowest BCUT2D eigenvalue weighted by molar-refractivity contribution is 0.292. The van der Waals surface area contributed by atoms with Gasteiger partial charge in [-0.25, -0.2) is 12.8 Å². The van der Waals surface area contributed by atoms with E-state index in [4.69, 9.17) is 38.6 Å². The molecular formula is C13H8Cl3FO3S. The summed E-state index contributed by atoms with van der Waals surface area (Å²) in [7, 11) is 1.27. The Morgan fingerprint density at radius 3 is 2.48 bits per heavy atom. The van der Waals surface area contributed by atoms with Gasteiger partial charge >= 0.3 is 0 Å². The molecule has 0 atom stereocenters. The second-order valence-corrected chi connectivity index (χ2v) is 7.40. The normalized spacial score (nSPS) is 11.4. The first-order chi connectivity index (χ1) is 9.79. The molecule has 0 spiro atoms. The fourth-order valence-corrected chi connectivity index (χ4v) is 3.06. The SMILES string of the molecule is O=S(=O)(Cl)c1cc(Cl)ccc1OCc1c(F)cccc1Cl. The highest BCUT2D eigenvalue weighted by Crippen LogP contribution is 2.31. The molecule has 0 saturated carbocycles. The zero-order valence-electron chi connectivity index (χ0n) is 10.3. The summed E-state index contributed by atoms with van der Waals surface area (Å²) < 4.78 is 41.9. The fraction of sp³-hybridized carbons (Fsp3) is 0.0769. The Morgan fingerprint density at radius 1 is 1.14 bits per heavy atom. The van der Waals surface area contributed by atoms with E-state index in [1.165, 1.54) is 30.3 Å². The maximum Gasteiger partial charge on any atom is 0.265 e. The van der Waals surface area contributed by atoms with E-state index in [2.05, 4.69) is 0 Å². The van der Waals surface area contributed by atoms with Crippen LogP contribution in [0.5, 0.6) is 5.75 Å². The van der Waals surface area contributed by atoms with Gasteiger partial charge in [-0.1, -0.05) is 29.3 Å². The Labute approximate surface area is 135 Å². The lowest BCUT2D eigenvalue weighted by atomic mass is 10.2. The Kier molecular flexibility index (Phi) is 4.99. The van der Waals surface area contributed by atoms with E-state index in [1.54, 1.807) is 0 Å². The van der Waals surface area contributed by atoms with Gasteiger partial charge in [0.2, 0.25) is 0 Å². The van der Waals surface area contributed by atoms with Crippen LogP contribution in [0.4, 0.5) is 4.39 Å². The molecule has 8 heteroatoms. The topological polar surface area (TPSA) is 43.4 Å². The van der Waals surface area contributed by atoms with Crippen LogP contribution >= 0.6 is 33.9 Å². The van der Waals surface area contributed by atoms with Crippen molar-refractivity contribution in [2.75, 3.05) is 0 Å². The summed E-state index contributed by atoms with van der Waals surface area (Å²) in [6, 6.07) is 8.12. The van der Waals surface area contributed by atoms with Crippen LogP contribution in [0.3, 0.4) is 0 Å². The fourth-order valence-electron chi connectivity index (χ4n) is 1.61. The van der Waals surface area contributed by atoms with E-state index in [-0.39, 0.29) is 32.9 Å². The molecule has 0 fully saturated rings. The van der Waals surface area contributed by atoms with Crippen molar-refractivity contribution < 1.29 is 17.5 Å². The molecule has 3 nitrogen and oxygen atoms in total. The molecule has 0 unspecified atom stereocenters. The third kappa shape index (κ3) is 4.01. The minimum atomic E-state index is -4.04. The van der Waals surface area contributed by atoms with Crippen LogP contribution in [0.2, 0.25) is 10.0 Å². The number of rotatable bonds is 4. The van der Waals surface area contributed by atoms with Crippen molar-refractivity contribution in [3.05, 3.63) is 57.8 Å². The van der Waals surface area contributed by atoms with Crippen molar-refractivity contribution in [3.63, 3.8) is 0 Å². The second-order valence-electron chi connectivity index (χ2n) is 4.02. The Morgan fingerprint density at radius 2 is 1.86 bits per heavy atom. The lowest BCUT2D eigenvalue weighted by Crippen LogP contribution is -2.03. The quantitative estimate of drug-likeness (QED) is 0.737. The maximum absolute atomic E-state index is 13.6. The van der Waals surface area contributed by atoms with Gasteiger partial charge in [0.25, 0.3) is 9.05 Å². The summed E-state index contributed by atoms with van der Waals surface area (Å²) in [6.07, 6.45) is 0. The number of halogens is 4. The van der Waals surface area contributed by atoms with E-state index in [1.807, 2.05) is 0 Å². The lowest BCUT2D eigenvalue weighted by Gasteiger charge is -2.11. The summed E-state index contributed by atoms with van der Waals surface area (Å²) in [6.45, 7) is -0.244. The third-order valence-corrected chi connectivity index (χ3v) is 4.53. The minimum absolute atomic E-state index is 0.0336. The van der Waals surface area contributed by atoms with Gasteiger partial charge in [0.1, 0.15) is 23.1 Å². The van der Waals surface area contributed by atoms with Crippen LogP contribution in [-0.4, -0.2) is 8.42 Å². The molecule has 0 aromatic heterocycles. The zero-order chi connectivity index (χ0) is 15.6. The molecule has 0 N–H and O–H groups in total. The average Bonchev–Trinajstić information content (AvgIpc) is 2.38. The first-order valence-corrected chi connectivity index (χ1v) is 8.65. The molecule has 0 amide bonds. The molecular weight excluding hydrogens is 362 g/mol. The highest BCUT2D eigenvalue weighted by atomic mass is 35.7. The maximum atomic E-state index is 13.6. The molecule has 21 heavy (non-hydrogen) atoms. The molecule has 0 heterocycles. The zero-order valence-corrected chi connectivity index (χ0v) is 13.4. The van der Waals surface area contributed by atoms with Gasteiger partial charge < -0.3 is 4.74 Å². The van der Waals surface area contributed by atoms with E-state index < -0.39 is 14.9 Å². The number of hydrogen-bond acceptors (Lipinski definition) is 3. The predicted molar refractivity (Wildman–Crippen MR) is 80.2 cm³/mol. The smallest absolute Gasteiger partial charge is 0.265 e. The van der Waals surface area contributed by atoms with Crippen LogP contribution in [-0.2, 0) is 15.7 Å². The second kappa shape index (κ2) is 6.40. The molecule has 112 valence electrons. The van der Waals surface area contributed by atoms with E-state index in [9.17, 15) is 12.8 Å². The molecule has 2 rings (SSSR count). The molecule has 0 saturated heterocycles. The van der Waals surface area contributed by atoms with Gasteiger partial charge in [-0.2, -0.15) is 0 Å². The van der Waals surface area contributed by atoms with Gasteiger partial charge in [0.15, 0.2) is 0 Å². The summed E-state index contributed by atoms with van der Waals surface area (Å²) >= 11 is 11.6. The van der Waals surface area contributed by atoms with Crippen molar-refractivity contribution in [1.82, 2.24) is 0 Å². The van der Waals surface area contributed by atoms with Crippen LogP contribution < -0.4 is 4.74 Å². The van der Waals surface area contributed by atoms with Crippen molar-refractivity contribution in [1.29, 1.82) is 0 Å². The van der Waals surface area contributed by atoms with Crippen LogP contribution in [0.25, 0.3) is 0 Å². The summed E-state index contributed by atoms with van der Waals surface area (Å²) in [5.74, 6) is -0.583. The first-order valence-electron chi connectivity index (χ1n) is 5.59. The Bertz CT molecular complexity index is 758. The molecule has 0 aliphatic carbocycles. The van der Waals surface area contributed by atoms with E-state index in [0.29, 0.717) is 0 Å². The van der Waals surface area contributed by atoms with Gasteiger partial charge in [-0.05, 0) is 30.3 Å². The van der Waals surface area contributed by atoms with Crippen molar-refractivity contribution >= 4 is 42.9 Å². The van der Waals surface area contributed by atoms with Gasteiger partial charge in [0, 0.05) is 21.3 Å². The minimum Gasteiger partial charge on any atom is -0.487 e. The Hall–Kier alpha value is -1.01. The molecule has 2 aromatic carbocycles. The van der Waals surface area contributed by atoms with Crippen LogP contribution in [0, 0.1) is 5.82 Å². The largest absolute Gasteiger partial charge is 0.487 e. The Balaban J connectivity index is 2.33. The molecule has 0 radical (unpaired) electrons. The number of ether oxygens (including phenoxy) is 1. The molecule has 0 aliphatic rings. The molecule has 2 aromatic rings. The predicted octanol–water partition coefficient (Wildman–Crippen LogP) is 4.64. The first kappa shape index (κ1) is 16.4. The van der Waals surface area contributed by atoms with Crippen molar-refractivity contribution in [2.45, 2.75) is 11.5 Å². The standard InChI is InChI=1S/C13H8Cl3FO3S/c14-8-4-5-12(13(6-8)21(16,18)19)20-7-9-10(15)2-1-3-11(9)17/h1-6H,7H2. The monoisotopic (exact) mass is 368 g/mol. The highest BCUT2D eigenvalue weighted by molar-refractivity contribution is 8.13. The van der Waals surface area contributed by atoms with Gasteiger partial charge in [0.05, 0.1) is 5.02 Å². The summed E-state index contributed by atoms with van der Waals surface area (Å²) in [5, 5.41) is 0.366. The van der Waals surface area contributed by atoms with Crippen LogP contribution in [0.1, 0.15) is 5.56 Å². The number of benzene rings is 2. The molecule has 0 aliphatic heterocycles. The van der Waals surface area contributed by atoms with Gasteiger partial charge in [-0.3, -0.25) is 0 Å². The average molecular weight is 370 g/mol. The third-order valence-electron chi connectivity index (χ3n) is 2.60. The van der Waals surface area contributed by atoms with E-state index >= 15 is 0 Å². The summed E-state index contributed by atoms with van der Waals surface area (Å²) in [4.78, 5) is -0.288. The summed E-state index contributed by atoms with van der Waals surface area (Å²) in [5.41, 5.74) is 0.118. The van der Waals surface area contributed by atoms with Gasteiger partial charge in [-0.15, -0.1) is 0 Å². The van der Waals surface area contributed by atoms with Crippen molar-refractivity contribution in [2.24, 2.45) is 0 Å². The van der Waals surface area contributed by atoms with E-state index in [0.717, 1.165) is 6.07 Å². The van der Waals surface area contributed by atoms with Crippen molar-refractivity contribution in [3.8, 4) is 5.75 Å². The van der Waals surface area contributed by atoms with Crippen LogP contribution in [0.15, 0.2) is 41.3 Å².